The van der Waals surface area contributed by atoms with Crippen molar-refractivity contribution in [3.8, 4) is 5.75 Å². The molecule has 8 heteroatoms. The molecule has 0 radical (unpaired) electrons. The molecule has 31 heavy (non-hydrogen) atoms. The molecule has 1 aromatic heterocycles. The molecule has 162 valence electrons. The average Bonchev–Trinajstić information content (AvgIpc) is 3.08. The molecule has 1 unspecified atom stereocenters. The zero-order valence-electron chi connectivity index (χ0n) is 17.3. The molecule has 0 aliphatic carbocycles. The SMILES string of the molecule is CC(O)(NCCOc1ccc2c(c1)[nH]c1ccccc12)c1cccc(NS(C)(=O)=O)c1. The van der Waals surface area contributed by atoms with Crippen molar-refractivity contribution < 1.29 is 18.3 Å². The largest absolute Gasteiger partial charge is 0.492 e. The lowest BCUT2D eigenvalue weighted by Crippen LogP contribution is -2.41. The van der Waals surface area contributed by atoms with Crippen LogP contribution in [0.2, 0.25) is 0 Å². The van der Waals surface area contributed by atoms with Crippen LogP contribution in [0.4, 0.5) is 5.69 Å². The molecule has 4 rings (SSSR count). The van der Waals surface area contributed by atoms with Crippen molar-refractivity contribution in [2.45, 2.75) is 12.6 Å². The zero-order chi connectivity index (χ0) is 22.1. The molecule has 3 aromatic carbocycles. The highest BCUT2D eigenvalue weighted by atomic mass is 32.2. The standard InChI is InChI=1S/C23H25N3O4S/c1-23(27,16-6-5-7-17(14-16)26-31(2,28)29)24-12-13-30-18-10-11-20-19-8-3-4-9-21(19)25-22(20)15-18/h3-11,14-15,24-27H,12-13H2,1-2H3. The average molecular weight is 440 g/mol. The monoisotopic (exact) mass is 439 g/mol. The molecule has 4 aromatic rings. The summed E-state index contributed by atoms with van der Waals surface area (Å²) in [4.78, 5) is 3.39. The highest BCUT2D eigenvalue weighted by Gasteiger charge is 2.22. The lowest BCUT2D eigenvalue weighted by molar-refractivity contribution is 0.0170. The van der Waals surface area contributed by atoms with E-state index in [4.69, 9.17) is 4.74 Å². The molecule has 0 saturated heterocycles. The van der Waals surface area contributed by atoms with Crippen molar-refractivity contribution in [3.63, 3.8) is 0 Å². The van der Waals surface area contributed by atoms with E-state index in [0.717, 1.165) is 28.4 Å². The Labute approximate surface area is 181 Å². The predicted molar refractivity (Wildman–Crippen MR) is 124 cm³/mol. The van der Waals surface area contributed by atoms with Crippen LogP contribution in [0.5, 0.6) is 5.75 Å². The number of benzene rings is 3. The van der Waals surface area contributed by atoms with Crippen molar-refractivity contribution >= 4 is 37.5 Å². The van der Waals surface area contributed by atoms with Gasteiger partial charge in [-0.1, -0.05) is 30.3 Å². The smallest absolute Gasteiger partial charge is 0.229 e. The summed E-state index contributed by atoms with van der Waals surface area (Å²) in [6.45, 7) is 2.35. The number of hydrogen-bond donors (Lipinski definition) is 4. The maximum Gasteiger partial charge on any atom is 0.229 e. The highest BCUT2D eigenvalue weighted by Crippen LogP contribution is 2.28. The number of aromatic amines is 1. The van der Waals surface area contributed by atoms with Gasteiger partial charge in [-0.25, -0.2) is 8.42 Å². The first-order valence-corrected chi connectivity index (χ1v) is 11.8. The van der Waals surface area contributed by atoms with Crippen LogP contribution < -0.4 is 14.8 Å². The van der Waals surface area contributed by atoms with Crippen LogP contribution in [0, 0.1) is 0 Å². The van der Waals surface area contributed by atoms with E-state index in [1.54, 1.807) is 31.2 Å². The molecular formula is C23H25N3O4S. The molecule has 1 heterocycles. The van der Waals surface area contributed by atoms with E-state index in [1.165, 1.54) is 5.39 Å². The van der Waals surface area contributed by atoms with E-state index in [9.17, 15) is 13.5 Å². The number of aromatic nitrogens is 1. The van der Waals surface area contributed by atoms with Gasteiger partial charge in [0.1, 0.15) is 18.1 Å². The van der Waals surface area contributed by atoms with Crippen molar-refractivity contribution in [2.75, 3.05) is 24.1 Å². The summed E-state index contributed by atoms with van der Waals surface area (Å²) in [5, 5.41) is 16.1. The number of H-pyrrole nitrogens is 1. The van der Waals surface area contributed by atoms with Gasteiger partial charge in [0.2, 0.25) is 10.0 Å². The first-order chi connectivity index (χ1) is 14.7. The Morgan fingerprint density at radius 1 is 1.00 bits per heavy atom. The minimum absolute atomic E-state index is 0.350. The van der Waals surface area contributed by atoms with Gasteiger partial charge in [0.15, 0.2) is 0 Å². The van der Waals surface area contributed by atoms with Crippen molar-refractivity contribution in [1.82, 2.24) is 10.3 Å². The van der Waals surface area contributed by atoms with Gasteiger partial charge in [-0.15, -0.1) is 0 Å². The number of ether oxygens (including phenoxy) is 1. The Balaban J connectivity index is 1.37. The number of aliphatic hydroxyl groups is 1. The summed E-state index contributed by atoms with van der Waals surface area (Å²) in [6, 6.07) is 20.7. The van der Waals surface area contributed by atoms with Gasteiger partial charge in [0.05, 0.1) is 11.8 Å². The molecule has 7 nitrogen and oxygen atoms in total. The summed E-state index contributed by atoms with van der Waals surface area (Å²) < 4.78 is 31.1. The van der Waals surface area contributed by atoms with E-state index in [2.05, 4.69) is 21.1 Å². The third-order valence-corrected chi connectivity index (χ3v) is 5.65. The fourth-order valence-electron chi connectivity index (χ4n) is 3.59. The van der Waals surface area contributed by atoms with Crippen LogP contribution >= 0.6 is 0 Å². The van der Waals surface area contributed by atoms with Crippen molar-refractivity contribution in [1.29, 1.82) is 0 Å². The minimum Gasteiger partial charge on any atom is -0.492 e. The molecule has 0 fully saturated rings. The van der Waals surface area contributed by atoms with E-state index in [0.29, 0.717) is 24.4 Å². The first-order valence-electron chi connectivity index (χ1n) is 9.90. The number of nitrogens with one attached hydrogen (secondary N) is 3. The lowest BCUT2D eigenvalue weighted by atomic mass is 10.0. The van der Waals surface area contributed by atoms with Gasteiger partial charge >= 0.3 is 0 Å². The normalized spacial score (nSPS) is 13.9. The molecule has 4 N–H and O–H groups in total. The van der Waals surface area contributed by atoms with E-state index in [1.807, 2.05) is 36.4 Å². The zero-order valence-corrected chi connectivity index (χ0v) is 18.2. The van der Waals surface area contributed by atoms with E-state index < -0.39 is 15.7 Å². The van der Waals surface area contributed by atoms with Crippen LogP contribution in [0.25, 0.3) is 21.8 Å². The molecule has 0 aliphatic heterocycles. The fourth-order valence-corrected chi connectivity index (χ4v) is 4.14. The van der Waals surface area contributed by atoms with Crippen LogP contribution in [-0.2, 0) is 15.7 Å². The second-order valence-corrected chi connectivity index (χ2v) is 9.43. The van der Waals surface area contributed by atoms with Crippen molar-refractivity contribution in [2.24, 2.45) is 0 Å². The third-order valence-electron chi connectivity index (χ3n) is 5.05. The van der Waals surface area contributed by atoms with Gasteiger partial charge in [0.25, 0.3) is 0 Å². The second-order valence-electron chi connectivity index (χ2n) is 7.68. The maximum absolute atomic E-state index is 11.4. The number of para-hydroxylation sites is 1. The summed E-state index contributed by atoms with van der Waals surface area (Å²) in [7, 11) is -3.39. The van der Waals surface area contributed by atoms with Gasteiger partial charge in [-0.3, -0.25) is 10.0 Å². The Kier molecular flexibility index (Phi) is 5.62. The number of rotatable bonds is 8. The first kappa shape index (κ1) is 21.2. The Hall–Kier alpha value is -3.07. The van der Waals surface area contributed by atoms with Crippen LogP contribution in [0.15, 0.2) is 66.7 Å². The van der Waals surface area contributed by atoms with E-state index >= 15 is 0 Å². The topological polar surface area (TPSA) is 103 Å². The van der Waals surface area contributed by atoms with Gasteiger partial charge in [-0.2, -0.15) is 0 Å². The number of anilines is 1. The Morgan fingerprint density at radius 2 is 1.77 bits per heavy atom. The molecule has 0 saturated carbocycles. The van der Waals surface area contributed by atoms with Gasteiger partial charge in [-0.05, 0) is 37.3 Å². The molecule has 0 bridgehead atoms. The maximum atomic E-state index is 11.4. The summed E-state index contributed by atoms with van der Waals surface area (Å²) in [6.07, 6.45) is 1.08. The summed E-state index contributed by atoms with van der Waals surface area (Å²) in [5.74, 6) is 0.736. The lowest BCUT2D eigenvalue weighted by Gasteiger charge is -2.26. The molecule has 1 atom stereocenters. The molecular weight excluding hydrogens is 414 g/mol. The van der Waals surface area contributed by atoms with Crippen molar-refractivity contribution in [3.05, 3.63) is 72.3 Å². The van der Waals surface area contributed by atoms with Crippen LogP contribution in [0.3, 0.4) is 0 Å². The fraction of sp³-hybridized carbons (Fsp3) is 0.217. The molecule has 0 amide bonds. The number of hydrogen-bond acceptors (Lipinski definition) is 5. The minimum atomic E-state index is -3.39. The molecule has 0 spiro atoms. The Bertz CT molecular complexity index is 1330. The van der Waals surface area contributed by atoms with Crippen LogP contribution in [0.1, 0.15) is 12.5 Å². The van der Waals surface area contributed by atoms with Gasteiger partial charge < -0.3 is 14.8 Å². The number of fused-ring (bicyclic) bond motifs is 3. The molecule has 0 aliphatic rings. The summed E-state index contributed by atoms with van der Waals surface area (Å²) >= 11 is 0. The quantitative estimate of drug-likeness (QED) is 0.248. The van der Waals surface area contributed by atoms with Gasteiger partial charge in [0, 0.05) is 40.2 Å². The third kappa shape index (κ3) is 4.99. The Morgan fingerprint density at radius 3 is 2.58 bits per heavy atom. The highest BCUT2D eigenvalue weighted by molar-refractivity contribution is 7.92. The van der Waals surface area contributed by atoms with Crippen LogP contribution in [-0.4, -0.2) is 37.9 Å². The summed E-state index contributed by atoms with van der Waals surface area (Å²) in [5.41, 5.74) is 1.68. The number of sulfonamides is 1. The predicted octanol–water partition coefficient (Wildman–Crippen LogP) is 3.53. The van der Waals surface area contributed by atoms with E-state index in [-0.39, 0.29) is 0 Å². The second kappa shape index (κ2) is 8.22.